The summed E-state index contributed by atoms with van der Waals surface area (Å²) < 4.78 is 54.8. The molecule has 3 aromatic carbocycles. The Kier molecular flexibility index (Phi) is 11.8. The van der Waals surface area contributed by atoms with Crippen molar-refractivity contribution in [2.24, 2.45) is 11.8 Å². The highest BCUT2D eigenvalue weighted by atomic mass is 16.8. The molecule has 0 spiro atoms. The summed E-state index contributed by atoms with van der Waals surface area (Å²) in [7, 11) is 0. The van der Waals surface area contributed by atoms with Crippen LogP contribution >= 0.6 is 0 Å². The number of carbonyl (C=O) groups excluding carboxylic acids is 3. The maximum atomic E-state index is 13.8. The Morgan fingerprint density at radius 2 is 1.17 bits per heavy atom. The molecule has 0 radical (unpaired) electrons. The third-order valence-electron chi connectivity index (χ3n) is 11.4. The Morgan fingerprint density at radius 1 is 0.627 bits per heavy atom. The van der Waals surface area contributed by atoms with Gasteiger partial charge in [-0.25, -0.2) is 14.4 Å². The predicted molar refractivity (Wildman–Crippen MR) is 197 cm³/mol. The summed E-state index contributed by atoms with van der Waals surface area (Å²) in [6.45, 7) is 0.362. The van der Waals surface area contributed by atoms with Gasteiger partial charge in [0, 0.05) is 5.92 Å². The van der Waals surface area contributed by atoms with Crippen molar-refractivity contribution >= 4 is 17.9 Å². The van der Waals surface area contributed by atoms with Gasteiger partial charge in [-0.2, -0.15) is 0 Å². The van der Waals surface area contributed by atoms with E-state index in [0.717, 1.165) is 0 Å². The van der Waals surface area contributed by atoms with Crippen LogP contribution in [0.4, 0.5) is 0 Å². The summed E-state index contributed by atoms with van der Waals surface area (Å²) in [5, 5.41) is 51.9. The zero-order chi connectivity index (χ0) is 41.4. The quantitative estimate of drug-likeness (QED) is 0.0967. The van der Waals surface area contributed by atoms with E-state index in [1.165, 1.54) is 30.5 Å². The highest BCUT2D eigenvalue weighted by molar-refractivity contribution is 5.91. The Labute approximate surface area is 337 Å². The number of hydrogen-bond donors (Lipinski definition) is 5. The molecule has 4 fully saturated rings. The van der Waals surface area contributed by atoms with Crippen LogP contribution in [0.3, 0.4) is 0 Å². The second-order valence-corrected chi connectivity index (χ2v) is 14.9. The molecule has 314 valence electrons. The molecule has 0 amide bonds. The van der Waals surface area contributed by atoms with Crippen LogP contribution in [-0.2, 0) is 42.6 Å². The molecule has 0 aromatic heterocycles. The van der Waals surface area contributed by atoms with Gasteiger partial charge in [-0.05, 0) is 49.4 Å². The first-order chi connectivity index (χ1) is 28.5. The molecule has 4 heterocycles. The van der Waals surface area contributed by atoms with Crippen molar-refractivity contribution in [1.82, 2.24) is 0 Å². The predicted octanol–water partition coefficient (Wildman–Crippen LogP) is 0.856. The van der Waals surface area contributed by atoms with E-state index in [9.17, 15) is 39.9 Å². The highest BCUT2D eigenvalue weighted by Crippen LogP contribution is 2.61. The first-order valence-corrected chi connectivity index (χ1v) is 19.2. The minimum atomic E-state index is -1.74. The fourth-order valence-electron chi connectivity index (χ4n) is 8.27. The molecular weight excluding hydrogens is 776 g/mol. The SMILES string of the molecule is C[C@@H]1O[C@@H](O[C@H]2[C@@H]3C=CO[C@@H](O[C@@H]4O[C@H](CO)[C@@H](O)[C@H](O)[C@H]4O)[C@@H]3[C@@]3(CO)O[C@@H]23)[C@H](OC(=O)c2ccccc2)[C@H](OC(=O)c2ccccc2)[C@H]1OC(=O)c1ccccc1. The lowest BCUT2D eigenvalue weighted by atomic mass is 9.85. The Hall–Kier alpha value is -4.79. The van der Waals surface area contributed by atoms with E-state index in [-0.39, 0.29) is 16.7 Å². The zero-order valence-electron chi connectivity index (χ0n) is 31.5. The van der Waals surface area contributed by atoms with E-state index in [2.05, 4.69) is 0 Å². The lowest BCUT2D eigenvalue weighted by molar-refractivity contribution is -0.346. The topological polar surface area (TPSA) is 239 Å². The fourth-order valence-corrected chi connectivity index (χ4v) is 8.27. The summed E-state index contributed by atoms with van der Waals surface area (Å²) in [5.41, 5.74) is -0.787. The van der Waals surface area contributed by atoms with Crippen molar-refractivity contribution in [3.05, 3.63) is 120 Å². The Morgan fingerprint density at radius 3 is 1.71 bits per heavy atom. The third-order valence-corrected chi connectivity index (χ3v) is 11.4. The van der Waals surface area contributed by atoms with Crippen LogP contribution in [0.2, 0.25) is 0 Å². The third kappa shape index (κ3) is 7.86. The van der Waals surface area contributed by atoms with Gasteiger partial charge in [0.1, 0.15) is 36.1 Å². The van der Waals surface area contributed by atoms with Crippen molar-refractivity contribution < 1.29 is 82.5 Å². The second-order valence-electron chi connectivity index (χ2n) is 14.9. The van der Waals surface area contributed by atoms with Crippen LogP contribution in [0.15, 0.2) is 103 Å². The molecule has 8 rings (SSSR count). The summed E-state index contributed by atoms with van der Waals surface area (Å²) in [6, 6.07) is 24.3. The molecule has 5 N–H and O–H groups in total. The second kappa shape index (κ2) is 17.1. The molecule has 3 aromatic rings. The Balaban J connectivity index is 1.11. The minimum absolute atomic E-state index is 0.155. The van der Waals surface area contributed by atoms with E-state index >= 15 is 0 Å². The smallest absolute Gasteiger partial charge is 0.338 e. The largest absolute Gasteiger partial charge is 0.472 e. The van der Waals surface area contributed by atoms with Gasteiger partial charge in [0.15, 0.2) is 30.9 Å². The standard InChI is InChI=1S/C42H44O17/c1-21-31(54-36(48)22-11-5-2-6-12-22)33(55-37(49)23-13-7-3-8-14-23)34(56-38(50)24-15-9-4-10-16-24)41(52-21)57-32-25-17-18-51-39(27(25)42(20-44)35(32)59-42)58-40-30(47)29(46)28(45)26(19-43)53-40/h2-18,21,25-35,39-41,43-47H,19-20H2,1H3/t21-,25+,26+,27+,28+,29-,30+,31-,32-,33+,34+,35-,39-,40-,41-,42+/m0/s1. The van der Waals surface area contributed by atoms with Gasteiger partial charge in [-0.3, -0.25) is 0 Å². The van der Waals surface area contributed by atoms with Gasteiger partial charge in [-0.15, -0.1) is 0 Å². The number of benzene rings is 3. The van der Waals surface area contributed by atoms with Gasteiger partial charge < -0.3 is 68.2 Å². The minimum Gasteiger partial charge on any atom is -0.472 e. The molecule has 0 bridgehead atoms. The number of epoxide rings is 1. The van der Waals surface area contributed by atoms with Crippen molar-refractivity contribution in [1.29, 1.82) is 0 Å². The van der Waals surface area contributed by atoms with E-state index in [1.807, 2.05) is 0 Å². The van der Waals surface area contributed by atoms with Crippen LogP contribution in [0.5, 0.6) is 0 Å². The molecule has 17 heteroatoms. The molecule has 1 aliphatic carbocycles. The van der Waals surface area contributed by atoms with Crippen LogP contribution in [0.1, 0.15) is 38.0 Å². The van der Waals surface area contributed by atoms with E-state index in [4.69, 9.17) is 42.6 Å². The number of esters is 3. The number of carbonyl (C=O) groups is 3. The van der Waals surface area contributed by atoms with Gasteiger partial charge in [0.2, 0.25) is 6.29 Å². The summed E-state index contributed by atoms with van der Waals surface area (Å²) in [4.78, 5) is 41.1. The number of aliphatic hydroxyl groups is 5. The number of fused-ring (bicyclic) bond motifs is 3. The van der Waals surface area contributed by atoms with E-state index in [0.29, 0.717) is 0 Å². The van der Waals surface area contributed by atoms with Gasteiger partial charge in [0.05, 0.1) is 54.3 Å². The average Bonchev–Trinajstić information content (AvgIpc) is 3.94. The Bertz CT molecular complexity index is 1960. The zero-order valence-corrected chi connectivity index (χ0v) is 31.5. The molecule has 5 aliphatic rings. The molecule has 59 heavy (non-hydrogen) atoms. The summed E-state index contributed by atoms with van der Waals surface area (Å²) in [5.74, 6) is -3.89. The molecule has 17 nitrogen and oxygen atoms in total. The average molecular weight is 821 g/mol. The molecule has 3 saturated heterocycles. The van der Waals surface area contributed by atoms with Crippen LogP contribution < -0.4 is 0 Å². The first-order valence-electron chi connectivity index (χ1n) is 19.2. The first kappa shape index (κ1) is 41.0. The van der Waals surface area contributed by atoms with Crippen molar-refractivity contribution in [2.75, 3.05) is 13.2 Å². The molecule has 1 saturated carbocycles. The normalized spacial score (nSPS) is 38.2. The van der Waals surface area contributed by atoms with Gasteiger partial charge in [-0.1, -0.05) is 54.6 Å². The van der Waals surface area contributed by atoms with Crippen molar-refractivity contribution in [2.45, 2.75) is 92.4 Å². The number of hydrogen-bond acceptors (Lipinski definition) is 17. The van der Waals surface area contributed by atoms with Crippen molar-refractivity contribution in [3.63, 3.8) is 0 Å². The number of ether oxygens (including phenoxy) is 9. The lowest BCUT2D eigenvalue weighted by Crippen LogP contribution is -2.62. The van der Waals surface area contributed by atoms with E-state index < -0.39 is 128 Å². The molecule has 16 atom stereocenters. The van der Waals surface area contributed by atoms with Crippen LogP contribution in [0.25, 0.3) is 0 Å². The van der Waals surface area contributed by atoms with Gasteiger partial charge >= 0.3 is 17.9 Å². The molecular formula is C42H44O17. The summed E-state index contributed by atoms with van der Waals surface area (Å²) in [6.07, 6.45) is -14.9. The maximum absolute atomic E-state index is 13.8. The monoisotopic (exact) mass is 820 g/mol. The maximum Gasteiger partial charge on any atom is 0.338 e. The van der Waals surface area contributed by atoms with Crippen molar-refractivity contribution in [3.8, 4) is 0 Å². The van der Waals surface area contributed by atoms with Crippen LogP contribution in [0, 0.1) is 11.8 Å². The van der Waals surface area contributed by atoms with Gasteiger partial charge in [0.25, 0.3) is 0 Å². The number of rotatable bonds is 12. The molecule has 0 unspecified atom stereocenters. The van der Waals surface area contributed by atoms with Crippen LogP contribution in [-0.4, -0.2) is 142 Å². The summed E-state index contributed by atoms with van der Waals surface area (Å²) >= 11 is 0. The van der Waals surface area contributed by atoms with E-state index in [1.54, 1.807) is 79.7 Å². The lowest BCUT2D eigenvalue weighted by Gasteiger charge is -2.45. The molecule has 4 aliphatic heterocycles. The number of aliphatic hydroxyl groups excluding tert-OH is 5. The highest BCUT2D eigenvalue weighted by Gasteiger charge is 2.77. The fraction of sp³-hybridized carbons (Fsp3) is 0.452.